The summed E-state index contributed by atoms with van der Waals surface area (Å²) >= 11 is 5.80. The van der Waals surface area contributed by atoms with Gasteiger partial charge in [-0.05, 0) is 24.6 Å². The molecule has 3 nitrogen and oxygen atoms in total. The molecular formula is C15H14ClNO2. The lowest BCUT2D eigenvalue weighted by Crippen LogP contribution is -2.33. The van der Waals surface area contributed by atoms with E-state index in [1.807, 2.05) is 6.07 Å². The number of benzene rings is 1. The fourth-order valence-electron chi connectivity index (χ4n) is 1.73. The normalized spacial score (nSPS) is 12.8. The number of nitrogens with zero attached hydrogens (tertiary/aromatic N) is 1. The summed E-state index contributed by atoms with van der Waals surface area (Å²) in [5.41, 5.74) is -0.521. The van der Waals surface area contributed by atoms with Gasteiger partial charge in [0.1, 0.15) is 0 Å². The van der Waals surface area contributed by atoms with Gasteiger partial charge in [0.25, 0.3) is 0 Å². The predicted octanol–water partition coefficient (Wildman–Crippen LogP) is 2.98. The van der Waals surface area contributed by atoms with Crippen LogP contribution in [0.4, 0.5) is 0 Å². The minimum atomic E-state index is -1.33. The van der Waals surface area contributed by atoms with Crippen molar-refractivity contribution in [3.63, 3.8) is 0 Å². The highest BCUT2D eigenvalue weighted by Gasteiger charge is 2.40. The van der Waals surface area contributed by atoms with Gasteiger partial charge in [0.2, 0.25) is 0 Å². The van der Waals surface area contributed by atoms with Crippen LogP contribution in [0, 0.1) is 29.1 Å². The molecule has 0 aliphatic rings. The first kappa shape index (κ1) is 15.1. The molecule has 1 atom stereocenters. The van der Waals surface area contributed by atoms with Crippen molar-refractivity contribution in [2.24, 2.45) is 5.41 Å². The number of hydrogen-bond donors (Lipinski definition) is 0. The van der Waals surface area contributed by atoms with Gasteiger partial charge in [-0.2, -0.15) is 5.26 Å². The molecule has 19 heavy (non-hydrogen) atoms. The van der Waals surface area contributed by atoms with Crippen molar-refractivity contribution >= 4 is 17.6 Å². The van der Waals surface area contributed by atoms with Gasteiger partial charge in [-0.3, -0.25) is 4.79 Å². The third-order valence-corrected chi connectivity index (χ3v) is 2.96. The van der Waals surface area contributed by atoms with Crippen molar-refractivity contribution < 1.29 is 9.53 Å². The fourth-order valence-corrected chi connectivity index (χ4v) is 1.85. The van der Waals surface area contributed by atoms with Gasteiger partial charge in [0.15, 0.2) is 5.41 Å². The molecular weight excluding hydrogens is 262 g/mol. The molecule has 98 valence electrons. The monoisotopic (exact) mass is 275 g/mol. The molecule has 0 aromatic heterocycles. The van der Waals surface area contributed by atoms with Gasteiger partial charge in [-0.25, -0.2) is 0 Å². The van der Waals surface area contributed by atoms with E-state index in [1.165, 1.54) is 0 Å². The third kappa shape index (κ3) is 3.74. The highest BCUT2D eigenvalue weighted by atomic mass is 35.5. The van der Waals surface area contributed by atoms with Crippen molar-refractivity contribution in [2.75, 3.05) is 6.61 Å². The van der Waals surface area contributed by atoms with Gasteiger partial charge >= 0.3 is 5.97 Å². The largest absolute Gasteiger partial charge is 0.465 e. The predicted molar refractivity (Wildman–Crippen MR) is 73.3 cm³/mol. The Labute approximate surface area is 118 Å². The molecule has 0 heterocycles. The van der Waals surface area contributed by atoms with E-state index in [4.69, 9.17) is 22.8 Å². The van der Waals surface area contributed by atoms with Crippen molar-refractivity contribution in [3.8, 4) is 18.4 Å². The van der Waals surface area contributed by atoms with Gasteiger partial charge in [-0.15, -0.1) is 12.3 Å². The number of carbonyl (C=O) groups excluding carboxylic acids is 1. The van der Waals surface area contributed by atoms with Crippen LogP contribution >= 0.6 is 11.6 Å². The lowest BCUT2D eigenvalue weighted by atomic mass is 9.80. The van der Waals surface area contributed by atoms with Crippen LogP contribution in [-0.4, -0.2) is 12.6 Å². The quantitative estimate of drug-likeness (QED) is 0.613. The first-order chi connectivity index (χ1) is 9.07. The summed E-state index contributed by atoms with van der Waals surface area (Å²) in [6.07, 6.45) is 5.50. The molecule has 0 aliphatic carbocycles. The number of hydrogen-bond acceptors (Lipinski definition) is 3. The number of halogens is 1. The summed E-state index contributed by atoms with van der Waals surface area (Å²) in [4.78, 5) is 12.0. The van der Waals surface area contributed by atoms with E-state index in [2.05, 4.69) is 5.92 Å². The number of carbonyl (C=O) groups is 1. The Morgan fingerprint density at radius 3 is 2.58 bits per heavy atom. The zero-order chi connectivity index (χ0) is 14.3. The van der Waals surface area contributed by atoms with Crippen molar-refractivity contribution in [2.45, 2.75) is 19.8 Å². The van der Waals surface area contributed by atoms with E-state index in [1.54, 1.807) is 31.2 Å². The van der Waals surface area contributed by atoms with Gasteiger partial charge < -0.3 is 4.74 Å². The Kier molecular flexibility index (Phi) is 5.42. The lowest BCUT2D eigenvalue weighted by Gasteiger charge is -2.22. The third-order valence-electron chi connectivity index (χ3n) is 2.70. The Balaban J connectivity index is 3.04. The molecule has 0 saturated heterocycles. The van der Waals surface area contributed by atoms with E-state index in [-0.39, 0.29) is 19.4 Å². The summed E-state index contributed by atoms with van der Waals surface area (Å²) in [5, 5.41) is 9.94. The van der Waals surface area contributed by atoms with Crippen molar-refractivity contribution in [1.82, 2.24) is 0 Å². The minimum Gasteiger partial charge on any atom is -0.465 e. The second-order valence-electron chi connectivity index (χ2n) is 4.10. The molecule has 0 N–H and O–H groups in total. The average molecular weight is 276 g/mol. The standard InChI is InChI=1S/C15H14ClNO2/c1-3-9-15(11-17,14(18)19-4-2)10-12-5-7-13(16)8-6-12/h1,5-8H,4,9-10H2,2H3. The molecule has 1 rings (SSSR count). The maximum Gasteiger partial charge on any atom is 0.327 e. The van der Waals surface area contributed by atoms with Gasteiger partial charge in [0.05, 0.1) is 12.7 Å². The molecule has 1 aromatic carbocycles. The molecule has 0 spiro atoms. The Morgan fingerprint density at radius 1 is 1.47 bits per heavy atom. The van der Waals surface area contributed by atoms with Crippen LogP contribution in [-0.2, 0) is 16.0 Å². The zero-order valence-electron chi connectivity index (χ0n) is 10.6. The molecule has 1 aromatic rings. The summed E-state index contributed by atoms with van der Waals surface area (Å²) in [7, 11) is 0. The molecule has 0 aliphatic heterocycles. The minimum absolute atomic E-state index is 0.0188. The van der Waals surface area contributed by atoms with Crippen LogP contribution in [0.3, 0.4) is 0 Å². The average Bonchev–Trinajstić information content (AvgIpc) is 2.41. The molecule has 4 heteroatoms. The molecule has 0 radical (unpaired) electrons. The van der Waals surface area contributed by atoms with E-state index in [0.717, 1.165) is 5.56 Å². The van der Waals surface area contributed by atoms with E-state index >= 15 is 0 Å². The topological polar surface area (TPSA) is 50.1 Å². The van der Waals surface area contributed by atoms with Gasteiger partial charge in [0, 0.05) is 17.9 Å². The van der Waals surface area contributed by atoms with Gasteiger partial charge in [-0.1, -0.05) is 23.7 Å². The number of rotatable bonds is 5. The van der Waals surface area contributed by atoms with Crippen LogP contribution in [0.25, 0.3) is 0 Å². The number of nitriles is 1. The molecule has 0 fully saturated rings. The first-order valence-corrected chi connectivity index (χ1v) is 6.22. The fraction of sp³-hybridized carbons (Fsp3) is 0.333. The molecule has 1 unspecified atom stereocenters. The summed E-state index contributed by atoms with van der Waals surface area (Å²) < 4.78 is 4.96. The maximum atomic E-state index is 12.0. The Morgan fingerprint density at radius 2 is 2.11 bits per heavy atom. The maximum absolute atomic E-state index is 12.0. The Bertz CT molecular complexity index is 525. The van der Waals surface area contributed by atoms with E-state index < -0.39 is 11.4 Å². The summed E-state index contributed by atoms with van der Waals surface area (Å²) in [6.45, 7) is 1.91. The summed E-state index contributed by atoms with van der Waals surface area (Å²) in [6, 6.07) is 8.97. The lowest BCUT2D eigenvalue weighted by molar-refractivity contribution is -0.151. The number of ether oxygens (including phenoxy) is 1. The number of esters is 1. The number of terminal acetylenes is 1. The van der Waals surface area contributed by atoms with E-state index in [0.29, 0.717) is 5.02 Å². The highest BCUT2D eigenvalue weighted by Crippen LogP contribution is 2.28. The second kappa shape index (κ2) is 6.83. The van der Waals surface area contributed by atoms with Crippen LogP contribution < -0.4 is 0 Å². The van der Waals surface area contributed by atoms with Crippen LogP contribution in [0.15, 0.2) is 24.3 Å². The van der Waals surface area contributed by atoms with Crippen LogP contribution in [0.2, 0.25) is 5.02 Å². The van der Waals surface area contributed by atoms with Crippen LogP contribution in [0.1, 0.15) is 18.9 Å². The SMILES string of the molecule is C#CCC(C#N)(Cc1ccc(Cl)cc1)C(=O)OCC. The first-order valence-electron chi connectivity index (χ1n) is 5.84. The van der Waals surface area contributed by atoms with Crippen molar-refractivity contribution in [1.29, 1.82) is 5.26 Å². The Hall–Kier alpha value is -1.97. The second-order valence-corrected chi connectivity index (χ2v) is 4.53. The molecule has 0 saturated carbocycles. The van der Waals surface area contributed by atoms with Crippen LogP contribution in [0.5, 0.6) is 0 Å². The van der Waals surface area contributed by atoms with Crippen molar-refractivity contribution in [3.05, 3.63) is 34.9 Å². The molecule has 0 bridgehead atoms. The zero-order valence-corrected chi connectivity index (χ0v) is 11.4. The smallest absolute Gasteiger partial charge is 0.327 e. The summed E-state index contributed by atoms with van der Waals surface area (Å²) in [5.74, 6) is 1.80. The highest BCUT2D eigenvalue weighted by molar-refractivity contribution is 6.30. The van der Waals surface area contributed by atoms with E-state index in [9.17, 15) is 10.1 Å². The molecule has 0 amide bonds.